The first-order chi connectivity index (χ1) is 21.6. The molecule has 0 aliphatic carbocycles. The number of nitrogens with one attached hydrogen (secondary N) is 1. The fourth-order valence-electron chi connectivity index (χ4n) is 4.49. The van der Waals surface area contributed by atoms with Crippen molar-refractivity contribution < 1.29 is 23.4 Å². The average Bonchev–Trinajstić information content (AvgIpc) is 3.64. The summed E-state index contributed by atoms with van der Waals surface area (Å²) in [5, 5.41) is 5.30. The minimum Gasteiger partial charge on any atom is -0.493 e. The Morgan fingerprint density at radius 2 is 1.69 bits per heavy atom. The molecule has 12 heteroatoms. The second kappa shape index (κ2) is 14.5. The lowest BCUT2D eigenvalue weighted by Gasteiger charge is -2.15. The number of methoxy groups -OCH3 is 1. The fourth-order valence-corrected chi connectivity index (χ4v) is 5.60. The number of halogens is 4. The first-order valence-corrected chi connectivity index (χ1v) is 15.5. The van der Waals surface area contributed by atoms with Gasteiger partial charge in [-0.1, -0.05) is 40.9 Å². The number of aromatic nitrogens is 1. The van der Waals surface area contributed by atoms with Gasteiger partial charge >= 0.3 is 5.91 Å². The smallest absolute Gasteiger partial charge is 0.307 e. The zero-order valence-corrected chi connectivity index (χ0v) is 28.2. The molecule has 2 aromatic heterocycles. The van der Waals surface area contributed by atoms with Gasteiger partial charge in [0.15, 0.2) is 17.3 Å². The highest BCUT2D eigenvalue weighted by Crippen LogP contribution is 2.42. The van der Waals surface area contributed by atoms with Crippen molar-refractivity contribution in [3.05, 3.63) is 126 Å². The quantitative estimate of drug-likeness (QED) is 0.108. The lowest BCUT2D eigenvalue weighted by atomic mass is 10.2. The van der Waals surface area contributed by atoms with E-state index in [0.717, 1.165) is 22.6 Å². The first kappa shape index (κ1) is 32.5. The molecule has 8 nitrogen and oxygen atoms in total. The molecule has 0 saturated carbocycles. The van der Waals surface area contributed by atoms with Gasteiger partial charge in [-0.05, 0) is 96.5 Å². The number of benzene rings is 3. The summed E-state index contributed by atoms with van der Waals surface area (Å²) in [6.45, 7) is 4.42. The van der Waals surface area contributed by atoms with E-state index in [-0.39, 0.29) is 24.0 Å². The third kappa shape index (κ3) is 7.68. The predicted molar refractivity (Wildman–Crippen MR) is 180 cm³/mol. The molecule has 0 unspecified atom stereocenters. The summed E-state index contributed by atoms with van der Waals surface area (Å²) in [6, 6.07) is 22.0. The molecule has 0 spiro atoms. The molecule has 2 heterocycles. The van der Waals surface area contributed by atoms with Crippen molar-refractivity contribution in [2.75, 3.05) is 7.11 Å². The number of hydrazone groups is 1. The third-order valence-electron chi connectivity index (χ3n) is 6.77. The Labute approximate surface area is 283 Å². The lowest BCUT2D eigenvalue weighted by Crippen LogP contribution is -2.16. The summed E-state index contributed by atoms with van der Waals surface area (Å²) in [4.78, 5) is 12.7. The normalized spacial score (nSPS) is 11.2. The highest BCUT2D eigenvalue weighted by molar-refractivity contribution is 9.10. The summed E-state index contributed by atoms with van der Waals surface area (Å²) < 4.78 is 25.6. The van der Waals surface area contributed by atoms with Crippen molar-refractivity contribution >= 4 is 62.9 Å². The molecule has 1 N–H and O–H groups in total. The molecule has 0 saturated heterocycles. The van der Waals surface area contributed by atoms with Crippen LogP contribution in [0.4, 0.5) is 0 Å². The van der Waals surface area contributed by atoms with Crippen LogP contribution in [0.25, 0.3) is 5.69 Å². The van der Waals surface area contributed by atoms with Crippen LogP contribution in [-0.2, 0) is 13.2 Å². The van der Waals surface area contributed by atoms with Gasteiger partial charge in [-0.25, -0.2) is 5.43 Å². The Balaban J connectivity index is 1.18. The van der Waals surface area contributed by atoms with Gasteiger partial charge in [0.05, 0.1) is 13.3 Å². The van der Waals surface area contributed by atoms with Gasteiger partial charge in [-0.15, -0.1) is 0 Å². The summed E-state index contributed by atoms with van der Waals surface area (Å²) in [6.07, 6.45) is 1.42. The van der Waals surface area contributed by atoms with Gasteiger partial charge in [0, 0.05) is 42.7 Å². The summed E-state index contributed by atoms with van der Waals surface area (Å²) in [7, 11) is 1.49. The largest absolute Gasteiger partial charge is 0.493 e. The lowest BCUT2D eigenvalue weighted by molar-refractivity contribution is 0.0923. The number of amides is 1. The van der Waals surface area contributed by atoms with Gasteiger partial charge in [-0.3, -0.25) is 4.79 Å². The number of carbonyl (C=O) groups excluding carboxylic acids is 1. The molecule has 3 aromatic carbocycles. The monoisotopic (exact) mass is 729 g/mol. The number of rotatable bonds is 11. The molecule has 232 valence electrons. The Bertz CT molecular complexity index is 1850. The van der Waals surface area contributed by atoms with Gasteiger partial charge in [-0.2, -0.15) is 5.10 Å². The van der Waals surface area contributed by atoms with Crippen LogP contribution in [0.15, 0.2) is 86.8 Å². The minimum absolute atomic E-state index is 0.0824. The molecule has 5 aromatic rings. The fraction of sp³-hybridized carbons (Fsp3) is 0.152. The number of hydrogen-bond donors (Lipinski definition) is 1. The Morgan fingerprint density at radius 1 is 0.956 bits per heavy atom. The minimum atomic E-state index is -0.534. The van der Waals surface area contributed by atoms with E-state index >= 15 is 0 Å². The van der Waals surface area contributed by atoms with Gasteiger partial charge in [0.25, 0.3) is 0 Å². The maximum Gasteiger partial charge on any atom is 0.307 e. The molecule has 5 rings (SSSR count). The highest BCUT2D eigenvalue weighted by Gasteiger charge is 2.18. The van der Waals surface area contributed by atoms with Crippen LogP contribution in [-0.4, -0.2) is 23.8 Å². The van der Waals surface area contributed by atoms with E-state index in [4.69, 9.17) is 53.4 Å². The van der Waals surface area contributed by atoms with Crippen molar-refractivity contribution in [1.82, 2.24) is 9.99 Å². The summed E-state index contributed by atoms with van der Waals surface area (Å²) in [5.74, 6) is 1.39. The molecule has 45 heavy (non-hydrogen) atoms. The van der Waals surface area contributed by atoms with Gasteiger partial charge in [0.2, 0.25) is 0 Å². The molecular formula is C33H27BrCl3N3O5. The van der Waals surface area contributed by atoms with E-state index in [1.54, 1.807) is 36.4 Å². The number of aryl methyl sites for hydroxylation is 2. The summed E-state index contributed by atoms with van der Waals surface area (Å²) >= 11 is 22.3. The molecular weight excluding hydrogens is 705 g/mol. The second-order valence-corrected chi connectivity index (χ2v) is 11.9. The SMILES string of the molecule is COc1cc(/C=N/NC(=O)c2ccc(COc3ccc(-n4c(C)ccc4C)cc3)o2)c(Br)c(Cl)c1OCc1ccc(Cl)cc1Cl. The van der Waals surface area contributed by atoms with E-state index in [1.165, 1.54) is 13.3 Å². The number of ether oxygens (including phenoxy) is 3. The van der Waals surface area contributed by atoms with E-state index in [0.29, 0.717) is 43.1 Å². The number of nitrogens with zero attached hydrogens (tertiary/aromatic N) is 2. The molecule has 0 atom stereocenters. The van der Waals surface area contributed by atoms with E-state index in [9.17, 15) is 4.79 Å². The zero-order valence-electron chi connectivity index (χ0n) is 24.4. The molecule has 0 aliphatic rings. The Kier molecular flexibility index (Phi) is 10.5. The maximum absolute atomic E-state index is 12.7. The van der Waals surface area contributed by atoms with E-state index in [2.05, 4.69) is 57.0 Å². The van der Waals surface area contributed by atoms with Gasteiger partial charge in [0.1, 0.15) is 29.7 Å². The van der Waals surface area contributed by atoms with Crippen LogP contribution in [0, 0.1) is 13.8 Å². The van der Waals surface area contributed by atoms with E-state index < -0.39 is 5.91 Å². The maximum atomic E-state index is 12.7. The predicted octanol–water partition coefficient (Wildman–Crippen LogP) is 9.34. The molecule has 0 radical (unpaired) electrons. The van der Waals surface area contributed by atoms with Crippen molar-refractivity contribution in [1.29, 1.82) is 0 Å². The number of carbonyl (C=O) groups is 1. The van der Waals surface area contributed by atoms with Crippen molar-refractivity contribution in [3.8, 4) is 22.9 Å². The van der Waals surface area contributed by atoms with Crippen LogP contribution in [0.1, 0.15) is 38.8 Å². The topological polar surface area (TPSA) is 87.2 Å². The average molecular weight is 732 g/mol. The van der Waals surface area contributed by atoms with E-state index in [1.807, 2.05) is 24.3 Å². The number of hydrogen-bond acceptors (Lipinski definition) is 6. The van der Waals surface area contributed by atoms with Crippen LogP contribution in [0.2, 0.25) is 15.1 Å². The van der Waals surface area contributed by atoms with Crippen LogP contribution in [0.3, 0.4) is 0 Å². The van der Waals surface area contributed by atoms with Gasteiger partial charge < -0.3 is 23.2 Å². The molecule has 0 bridgehead atoms. The van der Waals surface area contributed by atoms with Crippen LogP contribution >= 0.6 is 50.7 Å². The molecule has 1 amide bonds. The third-order valence-corrected chi connectivity index (χ3v) is 8.80. The van der Waals surface area contributed by atoms with Crippen molar-refractivity contribution in [2.45, 2.75) is 27.1 Å². The Morgan fingerprint density at radius 3 is 2.38 bits per heavy atom. The highest BCUT2D eigenvalue weighted by atomic mass is 79.9. The molecule has 0 aliphatic heterocycles. The summed E-state index contributed by atoms with van der Waals surface area (Å²) in [5.41, 5.74) is 7.08. The second-order valence-electron chi connectivity index (χ2n) is 9.85. The zero-order chi connectivity index (χ0) is 32.1. The first-order valence-electron chi connectivity index (χ1n) is 13.6. The van der Waals surface area contributed by atoms with Crippen LogP contribution in [0.5, 0.6) is 17.2 Å². The number of furan rings is 1. The van der Waals surface area contributed by atoms with Crippen molar-refractivity contribution in [2.24, 2.45) is 5.10 Å². The molecule has 0 fully saturated rings. The Hall–Kier alpha value is -3.89. The van der Waals surface area contributed by atoms with Crippen molar-refractivity contribution in [3.63, 3.8) is 0 Å². The standard InChI is InChI=1S/C33H27BrCl3N3O5/c1-19-4-5-20(2)40(19)24-8-10-25(11-9-24)43-18-26-12-13-28(45-26)33(41)39-38-16-22-14-29(42-3)32(31(37)30(22)34)44-17-21-6-7-23(35)15-27(21)36/h4-16H,17-18H2,1-3H3,(H,39,41)/b38-16+. The van der Waals surface area contributed by atoms with Crippen LogP contribution < -0.4 is 19.6 Å².